The smallest absolute Gasteiger partial charge is 0.252 e. The first-order valence-electron chi connectivity index (χ1n) is 5.55. The third kappa shape index (κ3) is 5.25. The Labute approximate surface area is 119 Å². The average Bonchev–Trinajstić information content (AvgIpc) is 2.36. The van der Waals surface area contributed by atoms with Gasteiger partial charge in [-0.2, -0.15) is 0 Å². The van der Waals surface area contributed by atoms with E-state index in [4.69, 9.17) is 16.3 Å². The summed E-state index contributed by atoms with van der Waals surface area (Å²) in [6, 6.07) is 4.27. The van der Waals surface area contributed by atoms with Gasteiger partial charge in [-0.25, -0.2) is 0 Å². The van der Waals surface area contributed by atoms with Gasteiger partial charge in [0.2, 0.25) is 0 Å². The minimum Gasteiger partial charge on any atom is -0.508 e. The average molecular weight is 337 g/mol. The van der Waals surface area contributed by atoms with Crippen molar-refractivity contribution in [2.75, 3.05) is 25.1 Å². The molecular formula is C12H15BrClNO3. The van der Waals surface area contributed by atoms with E-state index in [1.807, 2.05) is 0 Å². The second-order valence-electron chi connectivity index (χ2n) is 3.57. The summed E-state index contributed by atoms with van der Waals surface area (Å²) >= 11 is 9.12. The second kappa shape index (κ2) is 8.34. The molecule has 0 spiro atoms. The summed E-state index contributed by atoms with van der Waals surface area (Å²) in [7, 11) is 0. The third-order valence-corrected chi connectivity index (χ3v) is 2.82. The summed E-state index contributed by atoms with van der Waals surface area (Å²) in [5.41, 5.74) is 0.276. The summed E-state index contributed by atoms with van der Waals surface area (Å²) in [6.45, 7) is 1.76. The van der Waals surface area contributed by atoms with E-state index in [9.17, 15) is 9.90 Å². The molecule has 100 valence electrons. The highest BCUT2D eigenvalue weighted by atomic mass is 79.9. The number of benzene rings is 1. The van der Waals surface area contributed by atoms with Crippen LogP contribution in [0.15, 0.2) is 18.2 Å². The van der Waals surface area contributed by atoms with Crippen molar-refractivity contribution in [2.45, 2.75) is 6.42 Å². The van der Waals surface area contributed by atoms with Crippen molar-refractivity contribution in [1.82, 2.24) is 5.32 Å². The van der Waals surface area contributed by atoms with Crippen LogP contribution in [-0.2, 0) is 4.74 Å². The number of carbonyl (C=O) groups is 1. The van der Waals surface area contributed by atoms with E-state index < -0.39 is 0 Å². The number of hydrogen-bond acceptors (Lipinski definition) is 3. The summed E-state index contributed by atoms with van der Waals surface area (Å²) in [5.74, 6) is -0.276. The number of phenolic OH excluding ortho intramolecular Hbond substituents is 1. The number of hydrogen-bond donors (Lipinski definition) is 2. The molecular weight excluding hydrogens is 321 g/mol. The molecule has 1 aromatic rings. The van der Waals surface area contributed by atoms with Crippen molar-refractivity contribution in [3.63, 3.8) is 0 Å². The summed E-state index contributed by atoms with van der Waals surface area (Å²) in [5, 5.41) is 13.1. The maximum absolute atomic E-state index is 11.8. The summed E-state index contributed by atoms with van der Waals surface area (Å²) in [4.78, 5) is 11.8. The van der Waals surface area contributed by atoms with Gasteiger partial charge in [-0.3, -0.25) is 4.79 Å². The van der Waals surface area contributed by atoms with Crippen LogP contribution < -0.4 is 5.32 Å². The molecule has 0 saturated carbocycles. The molecule has 0 aliphatic carbocycles. The predicted molar refractivity (Wildman–Crippen MR) is 74.7 cm³/mol. The molecule has 0 bridgehead atoms. The van der Waals surface area contributed by atoms with Gasteiger partial charge in [0.05, 0.1) is 17.2 Å². The minimum absolute atomic E-state index is 0.0187. The van der Waals surface area contributed by atoms with Crippen LogP contribution >= 0.6 is 27.5 Å². The van der Waals surface area contributed by atoms with Crippen LogP contribution in [0, 0.1) is 0 Å². The Balaban J connectivity index is 2.34. The normalized spacial score (nSPS) is 10.3. The predicted octanol–water partition coefficient (Wildman–Crippen LogP) is 2.58. The van der Waals surface area contributed by atoms with Gasteiger partial charge in [-0.15, -0.1) is 0 Å². The molecule has 0 fully saturated rings. The van der Waals surface area contributed by atoms with Crippen LogP contribution in [0.5, 0.6) is 5.75 Å². The fourth-order valence-electron chi connectivity index (χ4n) is 1.32. The maximum Gasteiger partial charge on any atom is 0.252 e. The Kier molecular flexibility index (Phi) is 7.08. The minimum atomic E-state index is -0.295. The largest absolute Gasteiger partial charge is 0.508 e. The van der Waals surface area contributed by atoms with E-state index in [-0.39, 0.29) is 17.2 Å². The highest BCUT2D eigenvalue weighted by Gasteiger charge is 2.10. The number of halogens is 2. The van der Waals surface area contributed by atoms with Crippen molar-refractivity contribution >= 4 is 33.4 Å². The van der Waals surface area contributed by atoms with Crippen molar-refractivity contribution in [1.29, 1.82) is 0 Å². The van der Waals surface area contributed by atoms with Gasteiger partial charge >= 0.3 is 0 Å². The number of phenols is 1. The highest BCUT2D eigenvalue weighted by Crippen LogP contribution is 2.20. The second-order valence-corrected chi connectivity index (χ2v) is 4.78. The molecule has 2 N–H and O–H groups in total. The van der Waals surface area contributed by atoms with Gasteiger partial charge in [0, 0.05) is 18.5 Å². The molecule has 0 aliphatic heterocycles. The molecule has 0 radical (unpaired) electrons. The molecule has 0 aromatic heterocycles. The fraction of sp³-hybridized carbons (Fsp3) is 0.417. The zero-order valence-electron chi connectivity index (χ0n) is 9.79. The van der Waals surface area contributed by atoms with E-state index >= 15 is 0 Å². The van der Waals surface area contributed by atoms with Crippen molar-refractivity contribution in [3.8, 4) is 5.75 Å². The van der Waals surface area contributed by atoms with Crippen molar-refractivity contribution in [3.05, 3.63) is 28.8 Å². The topological polar surface area (TPSA) is 58.6 Å². The van der Waals surface area contributed by atoms with Crippen LogP contribution in [0.25, 0.3) is 0 Å². The number of aromatic hydroxyl groups is 1. The SMILES string of the molecule is O=C(NCCCOCCBr)c1cc(O)ccc1Cl. The molecule has 0 unspecified atom stereocenters. The van der Waals surface area contributed by atoms with Crippen LogP contribution in [0.2, 0.25) is 5.02 Å². The molecule has 0 atom stereocenters. The van der Waals surface area contributed by atoms with Gasteiger partial charge in [0.25, 0.3) is 5.91 Å². The number of nitrogens with one attached hydrogen (secondary N) is 1. The fourth-order valence-corrected chi connectivity index (χ4v) is 1.75. The lowest BCUT2D eigenvalue weighted by Gasteiger charge is -2.07. The summed E-state index contributed by atoms with van der Waals surface area (Å²) < 4.78 is 5.25. The van der Waals surface area contributed by atoms with Crippen LogP contribution in [-0.4, -0.2) is 36.1 Å². The van der Waals surface area contributed by atoms with E-state index in [2.05, 4.69) is 21.2 Å². The Morgan fingerprint density at radius 3 is 2.94 bits per heavy atom. The third-order valence-electron chi connectivity index (χ3n) is 2.17. The van der Waals surface area contributed by atoms with Crippen molar-refractivity contribution < 1.29 is 14.6 Å². The monoisotopic (exact) mass is 335 g/mol. The van der Waals surface area contributed by atoms with Crippen LogP contribution in [0.4, 0.5) is 0 Å². The standard InChI is InChI=1S/C12H15BrClNO3/c13-4-7-18-6-1-5-15-12(17)10-8-9(16)2-3-11(10)14/h2-3,8,16H,1,4-7H2,(H,15,17). The van der Waals surface area contributed by atoms with Gasteiger partial charge in [0.1, 0.15) is 5.75 Å². The van der Waals surface area contributed by atoms with E-state index in [1.54, 1.807) is 0 Å². The Morgan fingerprint density at radius 2 is 2.22 bits per heavy atom. The zero-order chi connectivity index (χ0) is 13.4. The first-order valence-corrected chi connectivity index (χ1v) is 7.05. The molecule has 0 heterocycles. The first-order chi connectivity index (χ1) is 8.65. The molecule has 0 aliphatic rings. The number of alkyl halides is 1. The van der Waals surface area contributed by atoms with Gasteiger partial charge < -0.3 is 15.2 Å². The van der Waals surface area contributed by atoms with Crippen molar-refractivity contribution in [2.24, 2.45) is 0 Å². The van der Waals surface area contributed by atoms with Gasteiger partial charge in [0.15, 0.2) is 0 Å². The van der Waals surface area contributed by atoms with Gasteiger partial charge in [-0.05, 0) is 24.6 Å². The maximum atomic E-state index is 11.8. The lowest BCUT2D eigenvalue weighted by Crippen LogP contribution is -2.25. The Morgan fingerprint density at radius 1 is 1.44 bits per heavy atom. The molecule has 4 nitrogen and oxygen atoms in total. The quantitative estimate of drug-likeness (QED) is 0.594. The molecule has 1 rings (SSSR count). The number of ether oxygens (including phenoxy) is 1. The Bertz CT molecular complexity index is 401. The van der Waals surface area contributed by atoms with Crippen LogP contribution in [0.3, 0.4) is 0 Å². The molecule has 0 saturated heterocycles. The summed E-state index contributed by atoms with van der Waals surface area (Å²) in [6.07, 6.45) is 0.731. The number of amides is 1. The first kappa shape index (κ1) is 15.3. The van der Waals surface area contributed by atoms with E-state index in [0.717, 1.165) is 11.8 Å². The van der Waals surface area contributed by atoms with E-state index in [0.29, 0.717) is 24.8 Å². The number of carbonyl (C=O) groups excluding carboxylic acids is 1. The molecule has 1 aromatic carbocycles. The molecule has 6 heteroatoms. The van der Waals surface area contributed by atoms with E-state index in [1.165, 1.54) is 18.2 Å². The highest BCUT2D eigenvalue weighted by molar-refractivity contribution is 9.09. The lowest BCUT2D eigenvalue weighted by molar-refractivity contribution is 0.0944. The Hall–Kier alpha value is -0.780. The molecule has 1 amide bonds. The van der Waals surface area contributed by atoms with Crippen LogP contribution in [0.1, 0.15) is 16.8 Å². The lowest BCUT2D eigenvalue weighted by atomic mass is 10.2. The number of rotatable bonds is 7. The zero-order valence-corrected chi connectivity index (χ0v) is 12.1. The van der Waals surface area contributed by atoms with Gasteiger partial charge in [-0.1, -0.05) is 27.5 Å². The molecule has 18 heavy (non-hydrogen) atoms.